The highest BCUT2D eigenvalue weighted by Gasteiger charge is 2.29. The summed E-state index contributed by atoms with van der Waals surface area (Å²) in [5.74, 6) is 0. The maximum atomic E-state index is 12.8. The molecule has 2 aromatic carbocycles. The predicted molar refractivity (Wildman–Crippen MR) is 92.9 cm³/mol. The monoisotopic (exact) mass is 388 g/mol. The lowest BCUT2D eigenvalue weighted by atomic mass is 10.1. The third-order valence-electron chi connectivity index (χ3n) is 3.66. The molecule has 0 amide bonds. The lowest BCUT2D eigenvalue weighted by Crippen LogP contribution is -2.30. The molecule has 0 N–H and O–H groups in total. The van der Waals surface area contributed by atoms with Crippen molar-refractivity contribution in [2.45, 2.75) is 17.9 Å². The van der Waals surface area contributed by atoms with Gasteiger partial charge in [-0.2, -0.15) is 4.31 Å². The van der Waals surface area contributed by atoms with Crippen molar-refractivity contribution in [3.63, 3.8) is 0 Å². The van der Waals surface area contributed by atoms with E-state index in [0.29, 0.717) is 5.56 Å². The number of hydrogen-bond acceptors (Lipinski definition) is 4. The van der Waals surface area contributed by atoms with Gasteiger partial charge < -0.3 is 0 Å². The topological polar surface area (TPSA) is 80.5 Å². The van der Waals surface area contributed by atoms with Crippen molar-refractivity contribution in [2.75, 3.05) is 7.05 Å². The summed E-state index contributed by atoms with van der Waals surface area (Å²) < 4.78 is 26.7. The molecule has 0 saturated carbocycles. The summed E-state index contributed by atoms with van der Waals surface area (Å²) in [6, 6.07) is 9.37. The average molecular weight is 389 g/mol. The van der Waals surface area contributed by atoms with Crippen molar-refractivity contribution in [1.29, 1.82) is 0 Å². The van der Waals surface area contributed by atoms with Crippen LogP contribution in [0, 0.1) is 10.1 Å². The number of rotatable bonds is 5. The average Bonchev–Trinajstić information content (AvgIpc) is 2.55. The second-order valence-electron chi connectivity index (χ2n) is 5.12. The molecule has 0 fully saturated rings. The van der Waals surface area contributed by atoms with Crippen LogP contribution in [0.3, 0.4) is 0 Å². The van der Waals surface area contributed by atoms with Gasteiger partial charge in [-0.15, -0.1) is 0 Å². The zero-order valence-corrected chi connectivity index (χ0v) is 15.1. The summed E-state index contributed by atoms with van der Waals surface area (Å²) in [5.41, 5.74) is 0.388. The SMILES string of the molecule is CC(c1cccc([N+](=O)[O-])c1)N(C)S(=O)(=O)c1cc(Cl)ccc1Cl. The Bertz CT molecular complexity index is 887. The Kier molecular flexibility index (Phi) is 5.49. The summed E-state index contributed by atoms with van der Waals surface area (Å²) in [6.07, 6.45) is 0. The Morgan fingerprint density at radius 3 is 2.46 bits per heavy atom. The molecule has 0 heterocycles. The normalized spacial score (nSPS) is 13.0. The third kappa shape index (κ3) is 3.70. The third-order valence-corrected chi connectivity index (χ3v) is 6.30. The number of nitro benzene ring substituents is 1. The van der Waals surface area contributed by atoms with Crippen molar-refractivity contribution in [3.8, 4) is 0 Å². The van der Waals surface area contributed by atoms with Crippen molar-refractivity contribution in [3.05, 3.63) is 68.2 Å². The van der Waals surface area contributed by atoms with E-state index in [1.54, 1.807) is 13.0 Å². The minimum Gasteiger partial charge on any atom is -0.258 e. The van der Waals surface area contributed by atoms with E-state index in [9.17, 15) is 18.5 Å². The van der Waals surface area contributed by atoms with Crippen LogP contribution in [0.1, 0.15) is 18.5 Å². The van der Waals surface area contributed by atoms with Crippen LogP contribution < -0.4 is 0 Å². The fraction of sp³-hybridized carbons (Fsp3) is 0.200. The molecule has 128 valence electrons. The Morgan fingerprint density at radius 1 is 1.17 bits per heavy atom. The molecule has 0 saturated heterocycles. The van der Waals surface area contributed by atoms with E-state index in [4.69, 9.17) is 23.2 Å². The van der Waals surface area contributed by atoms with E-state index in [0.717, 1.165) is 4.31 Å². The van der Waals surface area contributed by atoms with Crippen molar-refractivity contribution in [2.24, 2.45) is 0 Å². The van der Waals surface area contributed by atoms with Crippen LogP contribution in [0.15, 0.2) is 47.4 Å². The van der Waals surface area contributed by atoms with Crippen molar-refractivity contribution < 1.29 is 13.3 Å². The molecule has 0 radical (unpaired) electrons. The molecular weight excluding hydrogens is 375 g/mol. The summed E-state index contributed by atoms with van der Waals surface area (Å²) in [5, 5.41) is 11.2. The second-order valence-corrected chi connectivity index (χ2v) is 7.93. The molecule has 0 aliphatic heterocycles. The molecule has 0 aliphatic carbocycles. The number of nitrogens with zero attached hydrogens (tertiary/aromatic N) is 2. The first kappa shape index (κ1) is 18.7. The molecule has 1 atom stereocenters. The molecule has 9 heteroatoms. The highest BCUT2D eigenvalue weighted by atomic mass is 35.5. The number of nitro groups is 1. The first-order chi connectivity index (χ1) is 11.1. The number of sulfonamides is 1. The van der Waals surface area contributed by atoms with E-state index in [1.165, 1.54) is 43.4 Å². The molecule has 2 aromatic rings. The smallest absolute Gasteiger partial charge is 0.258 e. The highest BCUT2D eigenvalue weighted by molar-refractivity contribution is 7.89. The molecule has 0 bridgehead atoms. The predicted octanol–water partition coefficient (Wildman–Crippen LogP) is 4.28. The zero-order valence-electron chi connectivity index (χ0n) is 12.8. The quantitative estimate of drug-likeness (QED) is 0.565. The summed E-state index contributed by atoms with van der Waals surface area (Å²) >= 11 is 11.9. The maximum absolute atomic E-state index is 12.8. The van der Waals surface area contributed by atoms with Gasteiger partial charge in [0, 0.05) is 30.2 Å². The van der Waals surface area contributed by atoms with Gasteiger partial charge >= 0.3 is 0 Å². The molecule has 2 rings (SSSR count). The molecule has 0 aliphatic rings. The van der Waals surface area contributed by atoms with E-state index >= 15 is 0 Å². The fourth-order valence-electron chi connectivity index (χ4n) is 2.15. The standard InChI is InChI=1S/C15H14Cl2N2O4S/c1-10(11-4-3-5-13(8-11)19(20)21)18(2)24(22,23)15-9-12(16)6-7-14(15)17/h3-10H,1-2H3. The van der Waals surface area contributed by atoms with Gasteiger partial charge in [-0.25, -0.2) is 8.42 Å². The summed E-state index contributed by atoms with van der Waals surface area (Å²) in [6.45, 7) is 1.63. The highest BCUT2D eigenvalue weighted by Crippen LogP contribution is 2.32. The molecule has 6 nitrogen and oxygen atoms in total. The van der Waals surface area contributed by atoms with Gasteiger partial charge in [-0.05, 0) is 30.7 Å². The van der Waals surface area contributed by atoms with Crippen LogP contribution in [0.2, 0.25) is 10.0 Å². The molecular formula is C15H14Cl2N2O4S. The largest absolute Gasteiger partial charge is 0.269 e. The van der Waals surface area contributed by atoms with Crippen LogP contribution in [0.25, 0.3) is 0 Å². The van der Waals surface area contributed by atoms with Gasteiger partial charge in [-0.3, -0.25) is 10.1 Å². The Labute approximate surface area is 149 Å². The van der Waals surface area contributed by atoms with Crippen LogP contribution in [0.4, 0.5) is 5.69 Å². The van der Waals surface area contributed by atoms with Crippen molar-refractivity contribution >= 4 is 38.9 Å². The molecule has 1 unspecified atom stereocenters. The Balaban J connectivity index is 2.42. The summed E-state index contributed by atoms with van der Waals surface area (Å²) in [7, 11) is -2.54. The van der Waals surface area contributed by atoms with Crippen molar-refractivity contribution in [1.82, 2.24) is 4.31 Å². The van der Waals surface area contributed by atoms with Crippen LogP contribution in [0.5, 0.6) is 0 Å². The maximum Gasteiger partial charge on any atom is 0.269 e. The van der Waals surface area contributed by atoms with Gasteiger partial charge in [-0.1, -0.05) is 35.3 Å². The fourth-order valence-corrected chi connectivity index (χ4v) is 4.23. The first-order valence-corrected chi connectivity index (χ1v) is 9.01. The van der Waals surface area contributed by atoms with E-state index in [-0.39, 0.29) is 20.6 Å². The molecule has 24 heavy (non-hydrogen) atoms. The minimum atomic E-state index is -3.93. The second kappa shape index (κ2) is 7.06. The van der Waals surface area contributed by atoms with Crippen LogP contribution in [-0.4, -0.2) is 24.7 Å². The summed E-state index contributed by atoms with van der Waals surface area (Å²) in [4.78, 5) is 10.2. The van der Waals surface area contributed by atoms with E-state index in [2.05, 4.69) is 0 Å². The lowest BCUT2D eigenvalue weighted by Gasteiger charge is -2.25. The lowest BCUT2D eigenvalue weighted by molar-refractivity contribution is -0.384. The van der Waals surface area contributed by atoms with Gasteiger partial charge in [0.1, 0.15) is 4.90 Å². The zero-order chi connectivity index (χ0) is 18.1. The number of hydrogen-bond donors (Lipinski definition) is 0. The van der Waals surface area contributed by atoms with E-state index in [1.807, 2.05) is 0 Å². The number of benzene rings is 2. The number of non-ortho nitro benzene ring substituents is 1. The van der Waals surface area contributed by atoms with Gasteiger partial charge in [0.25, 0.3) is 5.69 Å². The first-order valence-electron chi connectivity index (χ1n) is 6.82. The molecule has 0 aromatic heterocycles. The minimum absolute atomic E-state index is 0.0532. The Hall–Kier alpha value is -1.67. The van der Waals surface area contributed by atoms with Gasteiger partial charge in [0.15, 0.2) is 0 Å². The van der Waals surface area contributed by atoms with Crippen LogP contribution >= 0.6 is 23.2 Å². The van der Waals surface area contributed by atoms with Gasteiger partial charge in [0.05, 0.1) is 9.95 Å². The number of halogens is 2. The Morgan fingerprint density at radius 2 is 1.83 bits per heavy atom. The van der Waals surface area contributed by atoms with Gasteiger partial charge in [0.2, 0.25) is 10.0 Å². The van der Waals surface area contributed by atoms with Crippen LogP contribution in [-0.2, 0) is 10.0 Å². The molecule has 0 spiro atoms. The van der Waals surface area contributed by atoms with E-state index < -0.39 is 21.0 Å².